The number of piperazine rings is 1. The van der Waals surface area contributed by atoms with Crippen LogP contribution in [0.4, 0.5) is 10.5 Å². The minimum atomic E-state index is -0.238. The predicted molar refractivity (Wildman–Crippen MR) is 105 cm³/mol. The van der Waals surface area contributed by atoms with Crippen molar-refractivity contribution in [2.75, 3.05) is 38.0 Å². The Morgan fingerprint density at radius 1 is 1.04 bits per heavy atom. The largest absolute Gasteiger partial charge is 0.338 e. The average molecular weight is 386 g/mol. The summed E-state index contributed by atoms with van der Waals surface area (Å²) < 4.78 is 0. The van der Waals surface area contributed by atoms with Crippen LogP contribution >= 0.6 is 11.3 Å². The number of benzene rings is 1. The Balaban J connectivity index is 1.67. The minimum absolute atomic E-state index is 0.104. The van der Waals surface area contributed by atoms with Crippen LogP contribution in [0, 0.1) is 0 Å². The van der Waals surface area contributed by atoms with Crippen LogP contribution in [-0.4, -0.2) is 60.4 Å². The van der Waals surface area contributed by atoms with E-state index in [9.17, 15) is 14.4 Å². The molecule has 0 atom stereocenters. The van der Waals surface area contributed by atoms with E-state index in [1.165, 1.54) is 11.3 Å². The number of nitrogens with zero attached hydrogens (tertiary/aromatic N) is 2. The highest BCUT2D eigenvalue weighted by Gasteiger charge is 2.26. The molecule has 27 heavy (non-hydrogen) atoms. The summed E-state index contributed by atoms with van der Waals surface area (Å²) in [7, 11) is 0. The topological polar surface area (TPSA) is 81.8 Å². The summed E-state index contributed by atoms with van der Waals surface area (Å²) in [6.45, 7) is 4.35. The van der Waals surface area contributed by atoms with Gasteiger partial charge in [0.05, 0.1) is 16.8 Å². The van der Waals surface area contributed by atoms with E-state index in [0.717, 1.165) is 0 Å². The van der Waals surface area contributed by atoms with E-state index < -0.39 is 0 Å². The van der Waals surface area contributed by atoms with E-state index in [1.807, 2.05) is 12.3 Å². The van der Waals surface area contributed by atoms with Crippen LogP contribution in [0.5, 0.6) is 0 Å². The Labute approximate surface area is 162 Å². The van der Waals surface area contributed by atoms with Crippen molar-refractivity contribution in [3.63, 3.8) is 0 Å². The molecule has 0 saturated carbocycles. The van der Waals surface area contributed by atoms with E-state index in [4.69, 9.17) is 0 Å². The average Bonchev–Trinajstić information content (AvgIpc) is 3.23. The van der Waals surface area contributed by atoms with Crippen molar-refractivity contribution in [2.45, 2.75) is 6.92 Å². The fourth-order valence-electron chi connectivity index (χ4n) is 2.91. The number of hydrogen-bond donors (Lipinski definition) is 2. The highest BCUT2D eigenvalue weighted by atomic mass is 32.1. The lowest BCUT2D eigenvalue weighted by Gasteiger charge is -2.35. The summed E-state index contributed by atoms with van der Waals surface area (Å²) in [5.74, 6) is -0.385. The molecule has 1 aromatic heterocycles. The Hall–Kier alpha value is -2.87. The summed E-state index contributed by atoms with van der Waals surface area (Å²) in [6, 6.07) is 8.63. The summed E-state index contributed by atoms with van der Waals surface area (Å²) >= 11 is 1.44. The van der Waals surface area contributed by atoms with Crippen LogP contribution in [0.15, 0.2) is 41.1 Å². The van der Waals surface area contributed by atoms with Gasteiger partial charge in [-0.05, 0) is 30.5 Å². The molecule has 4 amide bonds. The van der Waals surface area contributed by atoms with Crippen LogP contribution in [0.25, 0.3) is 0 Å². The van der Waals surface area contributed by atoms with Crippen molar-refractivity contribution < 1.29 is 14.4 Å². The van der Waals surface area contributed by atoms with Crippen molar-refractivity contribution in [2.24, 2.45) is 0 Å². The molecule has 1 aliphatic heterocycles. The summed E-state index contributed by atoms with van der Waals surface area (Å²) in [5.41, 5.74) is 1.51. The molecule has 142 valence electrons. The van der Waals surface area contributed by atoms with Crippen molar-refractivity contribution in [3.05, 3.63) is 52.2 Å². The number of carbonyl (C=O) groups excluding carboxylic acids is 3. The van der Waals surface area contributed by atoms with Crippen molar-refractivity contribution >= 4 is 34.9 Å². The van der Waals surface area contributed by atoms with Crippen molar-refractivity contribution in [1.29, 1.82) is 0 Å². The first kappa shape index (κ1) is 18.9. The van der Waals surface area contributed by atoms with E-state index in [2.05, 4.69) is 10.6 Å². The lowest BCUT2D eigenvalue weighted by molar-refractivity contribution is 0.0666. The molecule has 0 unspecified atom stereocenters. The molecule has 1 fully saturated rings. The third kappa shape index (κ3) is 4.46. The molecule has 2 N–H and O–H groups in total. The normalized spacial score (nSPS) is 14.0. The maximum atomic E-state index is 12.9. The van der Waals surface area contributed by atoms with Crippen LogP contribution in [0.3, 0.4) is 0 Å². The zero-order valence-electron chi connectivity index (χ0n) is 15.1. The molecule has 0 radical (unpaired) electrons. The zero-order chi connectivity index (χ0) is 19.2. The molecule has 0 bridgehead atoms. The molecular weight excluding hydrogens is 364 g/mol. The summed E-state index contributed by atoms with van der Waals surface area (Å²) in [5, 5.41) is 9.19. The van der Waals surface area contributed by atoms with Gasteiger partial charge in [0.1, 0.15) is 0 Å². The monoisotopic (exact) mass is 386 g/mol. The molecule has 1 saturated heterocycles. The predicted octanol–water partition coefficient (Wildman–Crippen LogP) is 2.49. The lowest BCUT2D eigenvalue weighted by Crippen LogP contribution is -2.53. The first-order valence-electron chi connectivity index (χ1n) is 8.84. The van der Waals surface area contributed by atoms with Gasteiger partial charge in [0, 0.05) is 38.1 Å². The molecule has 0 spiro atoms. The van der Waals surface area contributed by atoms with Gasteiger partial charge in [0.2, 0.25) is 0 Å². The van der Waals surface area contributed by atoms with E-state index in [1.54, 1.807) is 45.5 Å². The number of hydrogen-bond acceptors (Lipinski definition) is 4. The summed E-state index contributed by atoms with van der Waals surface area (Å²) in [4.78, 5) is 40.6. The number of para-hydroxylation sites is 1. The third-order valence-electron chi connectivity index (χ3n) is 4.37. The lowest BCUT2D eigenvalue weighted by atomic mass is 10.1. The molecule has 8 heteroatoms. The first-order chi connectivity index (χ1) is 13.1. The highest BCUT2D eigenvalue weighted by Crippen LogP contribution is 2.20. The SMILES string of the molecule is CCNC(=O)N1CCN(C(=O)c2ccccc2NC(=O)c2ccsc2)CC1. The molecular formula is C19H22N4O3S. The minimum Gasteiger partial charge on any atom is -0.338 e. The standard InChI is InChI=1S/C19H22N4O3S/c1-2-20-19(26)23-10-8-22(9-11-23)18(25)15-5-3-4-6-16(15)21-17(24)14-7-12-27-13-14/h3-7,12-13H,2,8-11H2,1H3,(H,20,26)(H,21,24). The van der Waals surface area contributed by atoms with Gasteiger partial charge in [0.15, 0.2) is 0 Å². The molecule has 2 aromatic rings. The second-order valence-electron chi connectivity index (χ2n) is 6.13. The van der Waals surface area contributed by atoms with Crippen LogP contribution in [-0.2, 0) is 0 Å². The van der Waals surface area contributed by atoms with Gasteiger partial charge < -0.3 is 20.4 Å². The van der Waals surface area contributed by atoms with Gasteiger partial charge in [0.25, 0.3) is 11.8 Å². The van der Waals surface area contributed by atoms with Gasteiger partial charge in [-0.3, -0.25) is 9.59 Å². The fourth-order valence-corrected chi connectivity index (χ4v) is 3.55. The van der Waals surface area contributed by atoms with Crippen molar-refractivity contribution in [1.82, 2.24) is 15.1 Å². The first-order valence-corrected chi connectivity index (χ1v) is 9.79. The quantitative estimate of drug-likeness (QED) is 0.847. The van der Waals surface area contributed by atoms with Crippen LogP contribution in [0.2, 0.25) is 0 Å². The number of rotatable bonds is 4. The molecule has 1 aromatic carbocycles. The molecule has 3 rings (SSSR count). The van der Waals surface area contributed by atoms with Gasteiger partial charge in [-0.1, -0.05) is 12.1 Å². The van der Waals surface area contributed by atoms with Crippen LogP contribution < -0.4 is 10.6 Å². The number of amides is 4. The van der Waals surface area contributed by atoms with Gasteiger partial charge in [-0.15, -0.1) is 0 Å². The maximum absolute atomic E-state index is 12.9. The van der Waals surface area contributed by atoms with Gasteiger partial charge in [-0.25, -0.2) is 4.79 Å². The number of anilines is 1. The molecule has 2 heterocycles. The number of thiophene rings is 1. The Morgan fingerprint density at radius 3 is 2.41 bits per heavy atom. The van der Waals surface area contributed by atoms with Crippen LogP contribution in [0.1, 0.15) is 27.6 Å². The summed E-state index contributed by atoms with van der Waals surface area (Å²) in [6.07, 6.45) is 0. The number of carbonyl (C=O) groups is 3. The van der Waals surface area contributed by atoms with Gasteiger partial charge >= 0.3 is 6.03 Å². The molecule has 0 aliphatic carbocycles. The van der Waals surface area contributed by atoms with Crippen molar-refractivity contribution in [3.8, 4) is 0 Å². The highest BCUT2D eigenvalue weighted by molar-refractivity contribution is 7.08. The fraction of sp³-hybridized carbons (Fsp3) is 0.316. The molecule has 7 nitrogen and oxygen atoms in total. The van der Waals surface area contributed by atoms with Gasteiger partial charge in [-0.2, -0.15) is 11.3 Å². The zero-order valence-corrected chi connectivity index (χ0v) is 15.9. The third-order valence-corrected chi connectivity index (χ3v) is 5.05. The Bertz CT molecular complexity index is 814. The van der Waals surface area contributed by atoms with E-state index >= 15 is 0 Å². The second-order valence-corrected chi connectivity index (χ2v) is 6.91. The number of urea groups is 1. The second kappa shape index (κ2) is 8.68. The Kier molecular flexibility index (Phi) is 6.08. The Morgan fingerprint density at radius 2 is 1.74 bits per heavy atom. The van der Waals surface area contributed by atoms with E-state index in [0.29, 0.717) is 49.5 Å². The number of nitrogens with one attached hydrogen (secondary N) is 2. The molecule has 1 aliphatic rings. The smallest absolute Gasteiger partial charge is 0.317 e. The van der Waals surface area contributed by atoms with E-state index in [-0.39, 0.29) is 17.8 Å². The maximum Gasteiger partial charge on any atom is 0.317 e.